The van der Waals surface area contributed by atoms with Gasteiger partial charge in [-0.2, -0.15) is 5.10 Å². The molecular weight excluding hydrogens is 378 g/mol. The van der Waals surface area contributed by atoms with Crippen molar-refractivity contribution in [2.24, 2.45) is 0 Å². The number of nitrogens with zero attached hydrogens (tertiary/aromatic N) is 2. The smallest absolute Gasteiger partial charge is 0.256 e. The van der Waals surface area contributed by atoms with Crippen LogP contribution in [-0.4, -0.2) is 33.1 Å². The van der Waals surface area contributed by atoms with Crippen LogP contribution in [-0.2, 0) is 27.8 Å². The average Bonchev–Trinajstić information content (AvgIpc) is 3.14. The zero-order valence-electron chi connectivity index (χ0n) is 17.0. The molecule has 0 aliphatic carbocycles. The molecular formula is C20H27N3O4S. The van der Waals surface area contributed by atoms with Crippen LogP contribution in [0.4, 0.5) is 5.82 Å². The van der Waals surface area contributed by atoms with Crippen LogP contribution in [0.1, 0.15) is 56.2 Å². The third-order valence-corrected chi connectivity index (χ3v) is 5.55. The number of fused-ring (bicyclic) bond motifs is 1. The lowest BCUT2D eigenvalue weighted by molar-refractivity contribution is 0.102. The van der Waals surface area contributed by atoms with Crippen molar-refractivity contribution in [2.45, 2.75) is 51.7 Å². The first-order valence-electron chi connectivity index (χ1n) is 9.41. The number of rotatable bonds is 6. The second-order valence-electron chi connectivity index (χ2n) is 7.57. The number of amides is 1. The van der Waals surface area contributed by atoms with Crippen LogP contribution in [0.3, 0.4) is 0 Å². The van der Waals surface area contributed by atoms with E-state index in [0.29, 0.717) is 47.6 Å². The Morgan fingerprint density at radius 3 is 2.50 bits per heavy atom. The summed E-state index contributed by atoms with van der Waals surface area (Å²) in [5.41, 5.74) is 1.80. The minimum atomic E-state index is -0.968. The summed E-state index contributed by atoms with van der Waals surface area (Å²) in [7, 11) is -0.968. The van der Waals surface area contributed by atoms with Crippen LogP contribution in [0.25, 0.3) is 0 Å². The number of anilines is 1. The van der Waals surface area contributed by atoms with Gasteiger partial charge in [0.25, 0.3) is 5.91 Å². The molecule has 1 N–H and O–H groups in total. The Morgan fingerprint density at radius 1 is 1.18 bits per heavy atom. The highest BCUT2D eigenvalue weighted by molar-refractivity contribution is 7.83. The highest BCUT2D eigenvalue weighted by Crippen LogP contribution is 2.34. The number of carbonyl (C=O) groups is 1. The Morgan fingerprint density at radius 2 is 1.86 bits per heavy atom. The van der Waals surface area contributed by atoms with Gasteiger partial charge in [0.15, 0.2) is 11.5 Å². The van der Waals surface area contributed by atoms with E-state index in [-0.39, 0.29) is 11.4 Å². The first-order chi connectivity index (χ1) is 13.2. The van der Waals surface area contributed by atoms with Crippen LogP contribution in [0.5, 0.6) is 11.5 Å². The molecule has 152 valence electrons. The first kappa shape index (κ1) is 20.4. The van der Waals surface area contributed by atoms with E-state index < -0.39 is 10.8 Å². The fraction of sp³-hybridized carbons (Fsp3) is 0.500. The summed E-state index contributed by atoms with van der Waals surface area (Å²) in [6.07, 6.45) is 0. The number of ether oxygens (including phenoxy) is 2. The summed E-state index contributed by atoms with van der Waals surface area (Å²) in [4.78, 5) is 13.0. The molecule has 1 amide bonds. The molecule has 0 radical (unpaired) electrons. The lowest BCUT2D eigenvalue weighted by Crippen LogP contribution is -2.27. The number of hydrogen-bond donors (Lipinski definition) is 1. The van der Waals surface area contributed by atoms with Crippen LogP contribution in [0, 0.1) is 0 Å². The Labute approximate surface area is 167 Å². The van der Waals surface area contributed by atoms with E-state index in [1.165, 1.54) is 0 Å². The molecule has 2 aromatic rings. The Bertz CT molecular complexity index is 915. The van der Waals surface area contributed by atoms with Gasteiger partial charge in [-0.3, -0.25) is 9.00 Å². The summed E-state index contributed by atoms with van der Waals surface area (Å²) in [5, 5.41) is 7.59. The maximum atomic E-state index is 13.0. The van der Waals surface area contributed by atoms with Gasteiger partial charge in [-0.15, -0.1) is 0 Å². The molecule has 1 atom stereocenters. The zero-order valence-corrected chi connectivity index (χ0v) is 17.8. The third kappa shape index (κ3) is 4.06. The summed E-state index contributed by atoms with van der Waals surface area (Å²) < 4.78 is 25.0. The molecule has 0 unspecified atom stereocenters. The van der Waals surface area contributed by atoms with E-state index in [0.717, 1.165) is 11.3 Å². The number of hydrogen-bond acceptors (Lipinski definition) is 5. The standard InChI is InChI=1S/C20H27N3O4S/c1-6-26-16-9-8-13(10-17(16)27-7-2)19(24)21-18-14-11-28(25)12-15(14)22-23(18)20(3,4)5/h8-10H,6-7,11-12H2,1-5H3,(H,21,24)/t28-/m1/s1. The van der Waals surface area contributed by atoms with E-state index in [4.69, 9.17) is 9.47 Å². The first-order valence-corrected chi connectivity index (χ1v) is 10.9. The molecule has 3 rings (SSSR count). The Kier molecular flexibility index (Phi) is 5.79. The van der Waals surface area contributed by atoms with E-state index in [2.05, 4.69) is 10.4 Å². The fourth-order valence-electron chi connectivity index (χ4n) is 3.11. The summed E-state index contributed by atoms with van der Waals surface area (Å²) >= 11 is 0. The summed E-state index contributed by atoms with van der Waals surface area (Å²) in [6.45, 7) is 10.8. The monoisotopic (exact) mass is 405 g/mol. The van der Waals surface area contributed by atoms with Crippen molar-refractivity contribution < 1.29 is 18.5 Å². The van der Waals surface area contributed by atoms with Gasteiger partial charge in [-0.05, 0) is 52.8 Å². The molecule has 0 fully saturated rings. The third-order valence-electron chi connectivity index (χ3n) is 4.34. The molecule has 1 aliphatic heterocycles. The molecule has 1 aliphatic rings. The van der Waals surface area contributed by atoms with Crippen molar-refractivity contribution in [1.29, 1.82) is 0 Å². The molecule has 2 heterocycles. The van der Waals surface area contributed by atoms with Gasteiger partial charge in [0, 0.05) is 21.9 Å². The van der Waals surface area contributed by atoms with Gasteiger partial charge < -0.3 is 14.8 Å². The highest BCUT2D eigenvalue weighted by Gasteiger charge is 2.31. The minimum Gasteiger partial charge on any atom is -0.490 e. The Hall–Kier alpha value is -2.35. The van der Waals surface area contributed by atoms with Crippen LogP contribution in [0.15, 0.2) is 18.2 Å². The van der Waals surface area contributed by atoms with Gasteiger partial charge in [0.05, 0.1) is 36.0 Å². The van der Waals surface area contributed by atoms with E-state index >= 15 is 0 Å². The van der Waals surface area contributed by atoms with Crippen molar-refractivity contribution in [3.63, 3.8) is 0 Å². The number of nitrogens with one attached hydrogen (secondary N) is 1. The van der Waals surface area contributed by atoms with Gasteiger partial charge >= 0.3 is 0 Å². The molecule has 0 spiro atoms. The lowest BCUT2D eigenvalue weighted by Gasteiger charge is -2.23. The number of carbonyl (C=O) groups excluding carboxylic acids is 1. The van der Waals surface area contributed by atoms with Gasteiger partial charge in [-0.25, -0.2) is 4.68 Å². The van der Waals surface area contributed by atoms with Gasteiger partial charge in [0.1, 0.15) is 5.82 Å². The maximum Gasteiger partial charge on any atom is 0.256 e. The van der Waals surface area contributed by atoms with Gasteiger partial charge in [0.2, 0.25) is 0 Å². The lowest BCUT2D eigenvalue weighted by atomic mass is 10.1. The normalized spacial score (nSPS) is 16.0. The van der Waals surface area contributed by atoms with E-state index in [1.807, 2.05) is 39.3 Å². The molecule has 0 saturated carbocycles. The number of aromatic nitrogens is 2. The van der Waals surface area contributed by atoms with Gasteiger partial charge in [-0.1, -0.05) is 0 Å². The van der Waals surface area contributed by atoms with Crippen molar-refractivity contribution in [2.75, 3.05) is 18.5 Å². The molecule has 8 heteroatoms. The second-order valence-corrected chi connectivity index (χ2v) is 9.02. The van der Waals surface area contributed by atoms with E-state index in [9.17, 15) is 9.00 Å². The highest BCUT2D eigenvalue weighted by atomic mass is 32.2. The van der Waals surface area contributed by atoms with Crippen molar-refractivity contribution in [3.05, 3.63) is 35.0 Å². The van der Waals surface area contributed by atoms with Crippen molar-refractivity contribution >= 4 is 22.5 Å². The van der Waals surface area contributed by atoms with Crippen molar-refractivity contribution in [1.82, 2.24) is 9.78 Å². The van der Waals surface area contributed by atoms with Crippen LogP contribution >= 0.6 is 0 Å². The van der Waals surface area contributed by atoms with E-state index in [1.54, 1.807) is 18.2 Å². The largest absolute Gasteiger partial charge is 0.490 e. The molecule has 0 bridgehead atoms. The van der Waals surface area contributed by atoms with Crippen molar-refractivity contribution in [3.8, 4) is 11.5 Å². The molecule has 1 aromatic carbocycles. The quantitative estimate of drug-likeness (QED) is 0.796. The molecule has 1 aromatic heterocycles. The second kappa shape index (κ2) is 7.95. The predicted octanol–water partition coefficient (Wildman–Crippen LogP) is 3.45. The average molecular weight is 406 g/mol. The minimum absolute atomic E-state index is 0.269. The molecule has 0 saturated heterocycles. The zero-order chi connectivity index (χ0) is 20.5. The predicted molar refractivity (Wildman–Crippen MR) is 110 cm³/mol. The summed E-state index contributed by atoms with van der Waals surface area (Å²) in [6, 6.07) is 5.13. The topological polar surface area (TPSA) is 82.5 Å². The van der Waals surface area contributed by atoms with Crippen LogP contribution in [0.2, 0.25) is 0 Å². The molecule has 28 heavy (non-hydrogen) atoms. The van der Waals surface area contributed by atoms with Crippen LogP contribution < -0.4 is 14.8 Å². The Balaban J connectivity index is 1.93. The SMILES string of the molecule is CCOc1ccc(C(=O)Nc2c3c(nn2C(C)(C)C)C[S@](=O)C3)cc1OCC. The number of benzene rings is 1. The fourth-order valence-corrected chi connectivity index (χ4v) is 4.38. The molecule has 7 nitrogen and oxygen atoms in total. The maximum absolute atomic E-state index is 13.0. The summed E-state index contributed by atoms with van der Waals surface area (Å²) in [5.74, 6) is 2.33.